The third-order valence-electron chi connectivity index (χ3n) is 2.69. The van der Waals surface area contributed by atoms with Crippen molar-refractivity contribution in [2.45, 2.75) is 33.0 Å². The predicted molar refractivity (Wildman–Crippen MR) is 64.0 cm³/mol. The minimum absolute atomic E-state index is 0.446. The summed E-state index contributed by atoms with van der Waals surface area (Å²) in [7, 11) is 0. The lowest BCUT2D eigenvalue weighted by atomic mass is 10.3. The molecular formula is C12H18N4. The first-order valence-corrected chi connectivity index (χ1v) is 5.56. The Labute approximate surface area is 95.7 Å². The van der Waals surface area contributed by atoms with Crippen LogP contribution in [0.4, 0.5) is 0 Å². The fraction of sp³-hybridized carbons (Fsp3) is 0.417. The summed E-state index contributed by atoms with van der Waals surface area (Å²) in [5.74, 6) is 0. The molecule has 0 aliphatic rings. The molecule has 4 nitrogen and oxygen atoms in total. The van der Waals surface area contributed by atoms with Crippen molar-refractivity contribution in [3.63, 3.8) is 0 Å². The van der Waals surface area contributed by atoms with Crippen LogP contribution in [0.5, 0.6) is 0 Å². The number of nitrogens with two attached hydrogens (primary N) is 1. The molecule has 0 aliphatic carbocycles. The molecule has 2 heterocycles. The van der Waals surface area contributed by atoms with E-state index in [1.165, 1.54) is 5.69 Å². The van der Waals surface area contributed by atoms with E-state index in [0.717, 1.165) is 12.1 Å². The molecule has 0 radical (unpaired) electrons. The Hall–Kier alpha value is -1.55. The van der Waals surface area contributed by atoms with E-state index in [9.17, 15) is 0 Å². The van der Waals surface area contributed by atoms with Crippen LogP contribution in [0.1, 0.15) is 31.1 Å². The van der Waals surface area contributed by atoms with Crippen molar-refractivity contribution < 1.29 is 0 Å². The van der Waals surface area contributed by atoms with Crippen LogP contribution < -0.4 is 5.73 Å². The molecular weight excluding hydrogens is 200 g/mol. The van der Waals surface area contributed by atoms with Gasteiger partial charge < -0.3 is 14.9 Å². The van der Waals surface area contributed by atoms with Gasteiger partial charge in [-0.1, -0.05) is 0 Å². The predicted octanol–water partition coefficient (Wildman–Crippen LogP) is 1.77. The molecule has 0 aromatic carbocycles. The van der Waals surface area contributed by atoms with Crippen molar-refractivity contribution in [3.8, 4) is 0 Å². The first-order valence-electron chi connectivity index (χ1n) is 5.56. The summed E-state index contributed by atoms with van der Waals surface area (Å²) in [4.78, 5) is 4.19. The summed E-state index contributed by atoms with van der Waals surface area (Å²) in [6.45, 7) is 5.76. The quantitative estimate of drug-likeness (QED) is 0.850. The average molecular weight is 218 g/mol. The van der Waals surface area contributed by atoms with Crippen LogP contribution >= 0.6 is 0 Å². The zero-order chi connectivity index (χ0) is 11.5. The van der Waals surface area contributed by atoms with Crippen molar-refractivity contribution in [1.82, 2.24) is 14.1 Å². The molecule has 0 bridgehead atoms. The van der Waals surface area contributed by atoms with Crippen molar-refractivity contribution in [1.29, 1.82) is 0 Å². The monoisotopic (exact) mass is 218 g/mol. The molecule has 4 heteroatoms. The Balaban J connectivity index is 2.17. The molecule has 0 fully saturated rings. The average Bonchev–Trinajstić information content (AvgIpc) is 2.87. The minimum atomic E-state index is 0.446. The molecule has 0 spiro atoms. The largest absolute Gasteiger partial charge is 0.348 e. The van der Waals surface area contributed by atoms with E-state index < -0.39 is 0 Å². The van der Waals surface area contributed by atoms with Crippen LogP contribution in [0.15, 0.2) is 31.0 Å². The molecule has 2 N–H and O–H groups in total. The Morgan fingerprint density at radius 3 is 2.88 bits per heavy atom. The van der Waals surface area contributed by atoms with Crippen LogP contribution in [0, 0.1) is 0 Å². The highest BCUT2D eigenvalue weighted by molar-refractivity contribution is 5.11. The Kier molecular flexibility index (Phi) is 3.10. The summed E-state index contributed by atoms with van der Waals surface area (Å²) < 4.78 is 4.32. The minimum Gasteiger partial charge on any atom is -0.348 e. The molecule has 2 aromatic rings. The van der Waals surface area contributed by atoms with Crippen LogP contribution in [0.3, 0.4) is 0 Å². The Morgan fingerprint density at radius 2 is 2.25 bits per heavy atom. The smallest absolute Gasteiger partial charge is 0.0951 e. The van der Waals surface area contributed by atoms with Crippen LogP contribution in [0.2, 0.25) is 0 Å². The van der Waals surface area contributed by atoms with Gasteiger partial charge in [-0.05, 0) is 25.5 Å². The summed E-state index contributed by atoms with van der Waals surface area (Å²) in [6, 6.07) is 2.50. The normalized spacial score (nSPS) is 11.2. The highest BCUT2D eigenvalue weighted by Gasteiger charge is 2.05. The highest BCUT2D eigenvalue weighted by atomic mass is 15.1. The maximum absolute atomic E-state index is 5.58. The zero-order valence-corrected chi connectivity index (χ0v) is 9.80. The van der Waals surface area contributed by atoms with E-state index in [2.05, 4.69) is 46.4 Å². The fourth-order valence-electron chi connectivity index (χ4n) is 1.82. The standard InChI is InChI=1S/C12H18N4/c1-10(2)16-9-14-6-12(16)8-15-4-3-11(5-13)7-15/h3-4,6-7,9-10H,5,8,13H2,1-2H3. The summed E-state index contributed by atoms with van der Waals surface area (Å²) in [5, 5.41) is 0. The summed E-state index contributed by atoms with van der Waals surface area (Å²) >= 11 is 0. The van der Waals surface area contributed by atoms with Gasteiger partial charge in [0.1, 0.15) is 0 Å². The van der Waals surface area contributed by atoms with E-state index in [0.29, 0.717) is 12.6 Å². The maximum atomic E-state index is 5.58. The second kappa shape index (κ2) is 4.53. The molecule has 16 heavy (non-hydrogen) atoms. The lowest BCUT2D eigenvalue weighted by Crippen LogP contribution is -2.07. The highest BCUT2D eigenvalue weighted by Crippen LogP contribution is 2.11. The second-order valence-corrected chi connectivity index (χ2v) is 4.28. The van der Waals surface area contributed by atoms with Gasteiger partial charge in [-0.15, -0.1) is 0 Å². The molecule has 0 unspecified atom stereocenters. The van der Waals surface area contributed by atoms with Crippen LogP contribution in [0.25, 0.3) is 0 Å². The van der Waals surface area contributed by atoms with Gasteiger partial charge in [0.2, 0.25) is 0 Å². The van der Waals surface area contributed by atoms with Gasteiger partial charge in [-0.2, -0.15) is 0 Å². The number of rotatable bonds is 4. The van der Waals surface area contributed by atoms with Gasteiger partial charge in [-0.3, -0.25) is 0 Å². The number of hydrogen-bond acceptors (Lipinski definition) is 2. The van der Waals surface area contributed by atoms with Crippen LogP contribution in [-0.2, 0) is 13.1 Å². The van der Waals surface area contributed by atoms with Gasteiger partial charge in [0.05, 0.1) is 18.6 Å². The first kappa shape index (κ1) is 11.0. The van der Waals surface area contributed by atoms with Gasteiger partial charge in [0.25, 0.3) is 0 Å². The van der Waals surface area contributed by atoms with Gasteiger partial charge in [-0.25, -0.2) is 4.98 Å². The van der Waals surface area contributed by atoms with E-state index in [1.54, 1.807) is 0 Å². The fourth-order valence-corrected chi connectivity index (χ4v) is 1.82. The van der Waals surface area contributed by atoms with Crippen molar-refractivity contribution in [2.75, 3.05) is 0 Å². The molecule has 2 rings (SSSR count). The Morgan fingerprint density at radius 1 is 1.44 bits per heavy atom. The van der Waals surface area contributed by atoms with E-state index in [1.807, 2.05) is 12.5 Å². The molecule has 0 atom stereocenters. The number of hydrogen-bond donors (Lipinski definition) is 1. The molecule has 0 amide bonds. The number of imidazole rings is 1. The number of aromatic nitrogens is 3. The summed E-state index contributed by atoms with van der Waals surface area (Å²) in [6.07, 6.45) is 7.94. The van der Waals surface area contributed by atoms with Crippen molar-refractivity contribution in [3.05, 3.63) is 42.2 Å². The van der Waals surface area contributed by atoms with Crippen LogP contribution in [-0.4, -0.2) is 14.1 Å². The third kappa shape index (κ3) is 2.17. The maximum Gasteiger partial charge on any atom is 0.0951 e. The van der Waals surface area contributed by atoms with E-state index >= 15 is 0 Å². The molecule has 86 valence electrons. The van der Waals surface area contributed by atoms with Crippen molar-refractivity contribution >= 4 is 0 Å². The second-order valence-electron chi connectivity index (χ2n) is 4.28. The molecule has 0 saturated heterocycles. The third-order valence-corrected chi connectivity index (χ3v) is 2.69. The van der Waals surface area contributed by atoms with E-state index in [4.69, 9.17) is 5.73 Å². The topological polar surface area (TPSA) is 48.8 Å². The van der Waals surface area contributed by atoms with Gasteiger partial charge >= 0.3 is 0 Å². The number of nitrogens with zero attached hydrogens (tertiary/aromatic N) is 3. The van der Waals surface area contributed by atoms with Gasteiger partial charge in [0.15, 0.2) is 0 Å². The first-order chi connectivity index (χ1) is 7.70. The van der Waals surface area contributed by atoms with Crippen molar-refractivity contribution in [2.24, 2.45) is 5.73 Å². The zero-order valence-electron chi connectivity index (χ0n) is 9.80. The Bertz CT molecular complexity index is 453. The molecule has 0 aliphatic heterocycles. The van der Waals surface area contributed by atoms with E-state index in [-0.39, 0.29) is 0 Å². The molecule has 2 aromatic heterocycles. The molecule has 0 saturated carbocycles. The SMILES string of the molecule is CC(C)n1cncc1Cn1ccc(CN)c1. The lowest BCUT2D eigenvalue weighted by molar-refractivity contribution is 0.561. The lowest BCUT2D eigenvalue weighted by Gasteiger charge is -2.12. The van der Waals surface area contributed by atoms with Gasteiger partial charge in [0, 0.05) is 31.2 Å². The summed E-state index contributed by atoms with van der Waals surface area (Å²) in [5.41, 5.74) is 7.96.